The lowest BCUT2D eigenvalue weighted by Gasteiger charge is -2.20. The zero-order chi connectivity index (χ0) is 21.8. The molecule has 0 atom stereocenters. The Morgan fingerprint density at radius 2 is 1.90 bits per heavy atom. The molecule has 8 heteroatoms. The minimum atomic E-state index is -0.759. The fourth-order valence-electron chi connectivity index (χ4n) is 3.11. The minimum absolute atomic E-state index is 0.136. The van der Waals surface area contributed by atoms with Gasteiger partial charge in [0.15, 0.2) is 11.5 Å². The van der Waals surface area contributed by atoms with Crippen LogP contribution in [-0.4, -0.2) is 28.9 Å². The number of nitro benzene ring substituents is 1. The molecule has 0 unspecified atom stereocenters. The number of benzene rings is 2. The summed E-state index contributed by atoms with van der Waals surface area (Å²) in [5.74, 6) is -1.06. The van der Waals surface area contributed by atoms with Crippen LogP contribution < -0.4 is 10.5 Å². The lowest BCUT2D eigenvalue weighted by atomic mass is 10.1. The second kappa shape index (κ2) is 8.60. The van der Waals surface area contributed by atoms with E-state index in [1.807, 2.05) is 19.9 Å². The van der Waals surface area contributed by atoms with Gasteiger partial charge in [-0.2, -0.15) is 0 Å². The van der Waals surface area contributed by atoms with Crippen molar-refractivity contribution in [3.63, 3.8) is 0 Å². The molecule has 0 aliphatic rings. The van der Waals surface area contributed by atoms with E-state index in [-0.39, 0.29) is 5.56 Å². The van der Waals surface area contributed by atoms with Gasteiger partial charge in [-0.15, -0.1) is 0 Å². The molecule has 1 heterocycles. The Bertz CT molecular complexity index is 1210. The van der Waals surface area contributed by atoms with E-state index in [9.17, 15) is 24.8 Å². The number of carbonyl (C=O) groups is 1. The first-order valence-electron chi connectivity index (χ1n) is 9.36. The molecule has 1 aromatic heterocycles. The number of ketones is 1. The van der Waals surface area contributed by atoms with Crippen molar-refractivity contribution < 1.29 is 19.2 Å². The summed E-state index contributed by atoms with van der Waals surface area (Å²) in [7, 11) is 0. The summed E-state index contributed by atoms with van der Waals surface area (Å²) < 4.78 is 5.35. The number of anilines is 1. The number of rotatable bonds is 7. The molecule has 1 N–H and O–H groups in total. The highest BCUT2D eigenvalue weighted by atomic mass is 16.6. The number of carbonyl (C=O) groups excluding carboxylic acids is 1. The van der Waals surface area contributed by atoms with Crippen molar-refractivity contribution >= 4 is 34.2 Å². The maximum absolute atomic E-state index is 12.5. The molecule has 0 bridgehead atoms. The number of nitrogens with zero attached hydrogens (tertiary/aromatic N) is 2. The summed E-state index contributed by atoms with van der Waals surface area (Å²) in [5.41, 5.74) is 0.275. The van der Waals surface area contributed by atoms with Crippen molar-refractivity contribution in [1.29, 1.82) is 0 Å². The molecular weight excluding hydrogens is 388 g/mol. The van der Waals surface area contributed by atoms with Gasteiger partial charge >= 0.3 is 11.3 Å². The molecule has 2 aromatic carbocycles. The first kappa shape index (κ1) is 20.8. The molecule has 0 saturated heterocycles. The van der Waals surface area contributed by atoms with Crippen LogP contribution in [0.15, 0.2) is 57.8 Å². The van der Waals surface area contributed by atoms with Gasteiger partial charge in [0.25, 0.3) is 0 Å². The predicted octanol–water partition coefficient (Wildman–Crippen LogP) is 4.15. The van der Waals surface area contributed by atoms with Crippen LogP contribution in [0.25, 0.3) is 17.0 Å². The third-order valence-electron chi connectivity index (χ3n) is 4.74. The molecule has 3 rings (SSSR count). The molecule has 0 saturated carbocycles. The molecule has 0 aliphatic heterocycles. The van der Waals surface area contributed by atoms with E-state index >= 15 is 0 Å². The third kappa shape index (κ3) is 4.22. The highest BCUT2D eigenvalue weighted by Crippen LogP contribution is 2.27. The van der Waals surface area contributed by atoms with Crippen molar-refractivity contribution in [2.45, 2.75) is 13.8 Å². The number of nitro groups is 1. The molecule has 3 aromatic rings. The average Bonchev–Trinajstić information content (AvgIpc) is 2.73. The predicted molar refractivity (Wildman–Crippen MR) is 114 cm³/mol. The van der Waals surface area contributed by atoms with Gasteiger partial charge in [-0.05, 0) is 49.8 Å². The standard InChI is InChI=1S/C22H20N2O6/c1-3-23(4-2)16-8-7-15-12-17(22(27)30-21(15)13-16)19(25)9-5-14-6-10-20(26)18(11-14)24(28)29/h5-13,26H,3-4H2,1-2H3/b9-5+. The summed E-state index contributed by atoms with van der Waals surface area (Å²) in [6.45, 7) is 5.67. The summed E-state index contributed by atoms with van der Waals surface area (Å²) in [4.78, 5) is 37.1. The molecule has 154 valence electrons. The fraction of sp³-hybridized carbons (Fsp3) is 0.182. The van der Waals surface area contributed by atoms with E-state index in [1.165, 1.54) is 24.3 Å². The second-order valence-electron chi connectivity index (χ2n) is 6.54. The number of hydrogen-bond donors (Lipinski definition) is 1. The smallest absolute Gasteiger partial charge is 0.347 e. The zero-order valence-corrected chi connectivity index (χ0v) is 16.5. The number of aromatic hydroxyl groups is 1. The Morgan fingerprint density at radius 1 is 1.17 bits per heavy atom. The molecule has 0 spiro atoms. The van der Waals surface area contributed by atoms with E-state index < -0.39 is 27.8 Å². The normalized spacial score (nSPS) is 11.1. The van der Waals surface area contributed by atoms with Crippen LogP contribution in [0.5, 0.6) is 5.75 Å². The van der Waals surface area contributed by atoms with Gasteiger partial charge in [0.1, 0.15) is 11.1 Å². The third-order valence-corrected chi connectivity index (χ3v) is 4.74. The van der Waals surface area contributed by atoms with Crippen LogP contribution in [-0.2, 0) is 0 Å². The number of fused-ring (bicyclic) bond motifs is 1. The van der Waals surface area contributed by atoms with Gasteiger partial charge in [-0.3, -0.25) is 14.9 Å². The summed E-state index contributed by atoms with van der Waals surface area (Å²) in [6, 6.07) is 10.6. The van der Waals surface area contributed by atoms with Gasteiger partial charge in [0.2, 0.25) is 0 Å². The van der Waals surface area contributed by atoms with Crippen molar-refractivity contribution in [2.75, 3.05) is 18.0 Å². The Hall–Kier alpha value is -3.94. The van der Waals surface area contributed by atoms with Crippen LogP contribution in [0, 0.1) is 10.1 Å². The van der Waals surface area contributed by atoms with Gasteiger partial charge in [-0.25, -0.2) is 4.79 Å². The van der Waals surface area contributed by atoms with Crippen molar-refractivity contribution in [2.24, 2.45) is 0 Å². The van der Waals surface area contributed by atoms with E-state index in [2.05, 4.69) is 4.90 Å². The Morgan fingerprint density at radius 3 is 2.57 bits per heavy atom. The van der Waals surface area contributed by atoms with E-state index in [0.717, 1.165) is 30.9 Å². The lowest BCUT2D eigenvalue weighted by molar-refractivity contribution is -0.385. The van der Waals surface area contributed by atoms with Crippen molar-refractivity contribution in [1.82, 2.24) is 0 Å². The van der Waals surface area contributed by atoms with Crippen molar-refractivity contribution in [3.05, 3.63) is 80.2 Å². The Kier molecular flexibility index (Phi) is 5.96. The van der Waals surface area contributed by atoms with E-state index in [0.29, 0.717) is 16.5 Å². The first-order chi connectivity index (χ1) is 14.3. The van der Waals surface area contributed by atoms with Gasteiger partial charge in [0, 0.05) is 36.3 Å². The fourth-order valence-corrected chi connectivity index (χ4v) is 3.11. The number of phenols is 1. The Labute approximate surface area is 171 Å². The maximum Gasteiger partial charge on any atom is 0.347 e. The van der Waals surface area contributed by atoms with Gasteiger partial charge in [0.05, 0.1) is 4.92 Å². The molecule has 0 aliphatic carbocycles. The second-order valence-corrected chi connectivity index (χ2v) is 6.54. The molecule has 0 radical (unpaired) electrons. The minimum Gasteiger partial charge on any atom is -0.502 e. The summed E-state index contributed by atoms with van der Waals surface area (Å²) in [5, 5.41) is 21.0. The highest BCUT2D eigenvalue weighted by Gasteiger charge is 2.15. The molecule has 0 amide bonds. The van der Waals surface area contributed by atoms with E-state index in [1.54, 1.807) is 12.1 Å². The largest absolute Gasteiger partial charge is 0.502 e. The average molecular weight is 408 g/mol. The number of phenolic OH excluding ortho intramolecular Hbond substituents is 1. The number of hydrogen-bond acceptors (Lipinski definition) is 7. The molecule has 30 heavy (non-hydrogen) atoms. The van der Waals surface area contributed by atoms with Crippen molar-refractivity contribution in [3.8, 4) is 5.75 Å². The van der Waals surface area contributed by atoms with E-state index in [4.69, 9.17) is 4.42 Å². The van der Waals surface area contributed by atoms with Crippen LogP contribution in [0.3, 0.4) is 0 Å². The van der Waals surface area contributed by atoms with Crippen LogP contribution in [0.1, 0.15) is 29.8 Å². The topological polar surface area (TPSA) is 114 Å². The Balaban J connectivity index is 1.91. The maximum atomic E-state index is 12.5. The SMILES string of the molecule is CCN(CC)c1ccc2cc(C(=O)/C=C/c3ccc(O)c([N+](=O)[O-])c3)c(=O)oc2c1. The van der Waals surface area contributed by atoms with Gasteiger partial charge < -0.3 is 14.4 Å². The summed E-state index contributed by atoms with van der Waals surface area (Å²) >= 11 is 0. The first-order valence-corrected chi connectivity index (χ1v) is 9.36. The molecular formula is C22H20N2O6. The van der Waals surface area contributed by atoms with Gasteiger partial charge in [-0.1, -0.05) is 12.1 Å². The van der Waals surface area contributed by atoms with Crippen LogP contribution in [0.4, 0.5) is 11.4 Å². The summed E-state index contributed by atoms with van der Waals surface area (Å²) in [6.07, 6.45) is 2.47. The highest BCUT2D eigenvalue weighted by molar-refractivity contribution is 6.07. The quantitative estimate of drug-likeness (QED) is 0.205. The monoisotopic (exact) mass is 408 g/mol. The zero-order valence-electron chi connectivity index (χ0n) is 16.5. The van der Waals surface area contributed by atoms with Crippen LogP contribution in [0.2, 0.25) is 0 Å². The molecule has 0 fully saturated rings. The van der Waals surface area contributed by atoms with Crippen LogP contribution >= 0.6 is 0 Å². The lowest BCUT2D eigenvalue weighted by Crippen LogP contribution is -2.21. The number of allylic oxidation sites excluding steroid dienone is 1. The molecule has 8 nitrogen and oxygen atoms in total.